The third-order valence-electron chi connectivity index (χ3n) is 3.65. The summed E-state index contributed by atoms with van der Waals surface area (Å²) in [4.78, 5) is 24.4. The molecule has 0 saturated heterocycles. The van der Waals surface area contributed by atoms with Gasteiger partial charge in [-0.3, -0.25) is 9.89 Å². The van der Waals surface area contributed by atoms with Gasteiger partial charge < -0.3 is 10.1 Å². The molecule has 0 aliphatic rings. The molecule has 0 unspecified atom stereocenters. The van der Waals surface area contributed by atoms with Gasteiger partial charge in [0.05, 0.1) is 11.4 Å². The van der Waals surface area contributed by atoms with Gasteiger partial charge in [0.2, 0.25) is 0 Å². The number of nitrogens with one attached hydrogen (secondary N) is 2. The minimum Gasteiger partial charge on any atom is -0.451 e. The molecule has 6 nitrogen and oxygen atoms in total. The first-order chi connectivity index (χ1) is 13.9. The number of H-pyrrole nitrogens is 1. The van der Waals surface area contributed by atoms with Crippen molar-refractivity contribution >= 4 is 45.3 Å². The van der Waals surface area contributed by atoms with E-state index in [1.807, 2.05) is 24.3 Å². The van der Waals surface area contributed by atoms with E-state index in [0.29, 0.717) is 17.5 Å². The Morgan fingerprint density at radius 1 is 1.17 bits per heavy atom. The predicted molar refractivity (Wildman–Crippen MR) is 109 cm³/mol. The Balaban J connectivity index is 1.57. The summed E-state index contributed by atoms with van der Waals surface area (Å²) in [5.74, 6) is -4.02. The third kappa shape index (κ3) is 5.88. The number of nitrogens with zero attached hydrogens (tertiary/aromatic N) is 1. The molecule has 10 heteroatoms. The summed E-state index contributed by atoms with van der Waals surface area (Å²) in [5, 5.41) is 9.08. The first-order valence-corrected chi connectivity index (χ1v) is 9.92. The van der Waals surface area contributed by atoms with Crippen molar-refractivity contribution in [2.45, 2.75) is 10.7 Å². The summed E-state index contributed by atoms with van der Waals surface area (Å²) in [7, 11) is 0. The van der Waals surface area contributed by atoms with Crippen LogP contribution in [0.15, 0.2) is 64.0 Å². The average Bonchev–Trinajstić information content (AvgIpc) is 3.18. The van der Waals surface area contributed by atoms with E-state index in [-0.39, 0.29) is 16.3 Å². The SMILES string of the molecule is O=C(COC(=O)c1cc(-c2ccc(Br)cc2)n[nH]1)Nc1ccccc1SC(F)F. The molecular weight excluding hydrogens is 468 g/mol. The van der Waals surface area contributed by atoms with Crippen LogP contribution in [0.4, 0.5) is 14.5 Å². The largest absolute Gasteiger partial charge is 0.451 e. The van der Waals surface area contributed by atoms with Crippen LogP contribution in [0.3, 0.4) is 0 Å². The minimum atomic E-state index is -2.62. The number of hydrogen-bond acceptors (Lipinski definition) is 5. The topological polar surface area (TPSA) is 84.1 Å². The number of hydrogen-bond donors (Lipinski definition) is 2. The Bertz CT molecular complexity index is 1010. The molecule has 2 N–H and O–H groups in total. The fourth-order valence-corrected chi connectivity index (χ4v) is 3.22. The Kier molecular flexibility index (Phi) is 6.99. The van der Waals surface area contributed by atoms with Gasteiger partial charge in [0.1, 0.15) is 5.69 Å². The van der Waals surface area contributed by atoms with Gasteiger partial charge in [-0.25, -0.2) is 4.79 Å². The zero-order valence-electron chi connectivity index (χ0n) is 14.7. The van der Waals surface area contributed by atoms with Crippen LogP contribution in [0, 0.1) is 0 Å². The standard InChI is InChI=1S/C19H14BrF2N3O3S/c20-12-7-5-11(6-8-12)14-9-15(25-24-14)18(27)28-10-17(26)23-13-3-1-2-4-16(13)29-19(21)22/h1-9,19H,10H2,(H,23,26)(H,24,25). The molecule has 0 aliphatic carbocycles. The first-order valence-electron chi connectivity index (χ1n) is 8.24. The summed E-state index contributed by atoms with van der Waals surface area (Å²) in [5.41, 5.74) is 1.66. The van der Waals surface area contributed by atoms with Crippen LogP contribution in [0.25, 0.3) is 11.3 Å². The zero-order chi connectivity index (χ0) is 20.8. The van der Waals surface area contributed by atoms with Crippen LogP contribution in [0.5, 0.6) is 0 Å². The van der Waals surface area contributed by atoms with Crippen molar-refractivity contribution < 1.29 is 23.1 Å². The highest BCUT2D eigenvalue weighted by atomic mass is 79.9. The van der Waals surface area contributed by atoms with Crippen molar-refractivity contribution in [3.8, 4) is 11.3 Å². The zero-order valence-corrected chi connectivity index (χ0v) is 17.1. The van der Waals surface area contributed by atoms with Crippen molar-refractivity contribution in [2.75, 3.05) is 11.9 Å². The lowest BCUT2D eigenvalue weighted by atomic mass is 10.1. The Morgan fingerprint density at radius 2 is 1.90 bits per heavy atom. The number of aromatic nitrogens is 2. The lowest BCUT2D eigenvalue weighted by molar-refractivity contribution is -0.119. The predicted octanol–water partition coefficient (Wildman–Crippen LogP) is 4.95. The molecule has 2 aromatic carbocycles. The van der Waals surface area contributed by atoms with E-state index < -0.39 is 24.2 Å². The van der Waals surface area contributed by atoms with Crippen molar-refractivity contribution in [3.05, 3.63) is 64.8 Å². The highest BCUT2D eigenvalue weighted by Crippen LogP contribution is 2.31. The average molecular weight is 482 g/mol. The summed E-state index contributed by atoms with van der Waals surface area (Å²) in [6.45, 7) is -0.570. The van der Waals surface area contributed by atoms with E-state index in [4.69, 9.17) is 4.74 Å². The van der Waals surface area contributed by atoms with Gasteiger partial charge in [0.25, 0.3) is 11.7 Å². The normalized spacial score (nSPS) is 10.8. The van der Waals surface area contributed by atoms with E-state index in [1.165, 1.54) is 18.2 Å². The van der Waals surface area contributed by atoms with Gasteiger partial charge in [-0.1, -0.05) is 52.0 Å². The number of aromatic amines is 1. The van der Waals surface area contributed by atoms with E-state index in [0.717, 1.165) is 10.0 Å². The summed E-state index contributed by atoms with van der Waals surface area (Å²) in [6, 6.07) is 15.0. The van der Waals surface area contributed by atoms with Crippen molar-refractivity contribution in [1.29, 1.82) is 0 Å². The number of anilines is 1. The molecule has 0 radical (unpaired) electrons. The smallest absolute Gasteiger partial charge is 0.356 e. The lowest BCUT2D eigenvalue weighted by Crippen LogP contribution is -2.21. The Labute approximate surface area is 177 Å². The number of carbonyl (C=O) groups excluding carboxylic acids is 2. The maximum absolute atomic E-state index is 12.6. The van der Waals surface area contributed by atoms with E-state index in [1.54, 1.807) is 12.1 Å². The van der Waals surface area contributed by atoms with Crippen LogP contribution in [-0.4, -0.2) is 34.4 Å². The minimum absolute atomic E-state index is 0.0874. The molecular formula is C19H14BrF2N3O3S. The molecule has 0 saturated carbocycles. The quantitative estimate of drug-likeness (QED) is 0.368. The maximum Gasteiger partial charge on any atom is 0.356 e. The second-order valence-electron chi connectivity index (χ2n) is 5.67. The van der Waals surface area contributed by atoms with Crippen LogP contribution in [-0.2, 0) is 9.53 Å². The van der Waals surface area contributed by atoms with Gasteiger partial charge >= 0.3 is 5.97 Å². The molecule has 150 valence electrons. The Hall–Kier alpha value is -2.72. The molecule has 1 amide bonds. The number of alkyl halides is 2. The molecule has 0 bridgehead atoms. The van der Waals surface area contributed by atoms with Gasteiger partial charge in [-0.05, 0) is 30.3 Å². The van der Waals surface area contributed by atoms with E-state index in [9.17, 15) is 18.4 Å². The van der Waals surface area contributed by atoms with Gasteiger partial charge in [0.15, 0.2) is 6.61 Å². The number of para-hydroxylation sites is 1. The molecule has 3 rings (SSSR count). The summed E-state index contributed by atoms with van der Waals surface area (Å²) < 4.78 is 31.1. The number of rotatable bonds is 7. The molecule has 1 heterocycles. The number of halogens is 3. The number of carbonyl (C=O) groups is 2. The number of esters is 1. The van der Waals surface area contributed by atoms with E-state index >= 15 is 0 Å². The lowest BCUT2D eigenvalue weighted by Gasteiger charge is -2.10. The van der Waals surface area contributed by atoms with Crippen LogP contribution >= 0.6 is 27.7 Å². The Morgan fingerprint density at radius 3 is 2.62 bits per heavy atom. The van der Waals surface area contributed by atoms with Crippen LogP contribution in [0.1, 0.15) is 10.5 Å². The highest BCUT2D eigenvalue weighted by molar-refractivity contribution is 9.10. The number of benzene rings is 2. The molecule has 0 atom stereocenters. The number of amides is 1. The molecule has 0 aliphatic heterocycles. The monoisotopic (exact) mass is 481 g/mol. The molecule has 1 aromatic heterocycles. The second-order valence-corrected chi connectivity index (χ2v) is 7.62. The number of ether oxygens (including phenoxy) is 1. The number of thioether (sulfide) groups is 1. The van der Waals surface area contributed by atoms with Crippen molar-refractivity contribution in [1.82, 2.24) is 10.2 Å². The third-order valence-corrected chi connectivity index (χ3v) is 4.97. The second kappa shape index (κ2) is 9.66. The fourth-order valence-electron chi connectivity index (χ4n) is 2.36. The first kappa shape index (κ1) is 21.0. The molecule has 3 aromatic rings. The van der Waals surface area contributed by atoms with Gasteiger partial charge in [-0.2, -0.15) is 13.9 Å². The maximum atomic E-state index is 12.6. The van der Waals surface area contributed by atoms with Gasteiger partial charge in [-0.15, -0.1) is 0 Å². The van der Waals surface area contributed by atoms with E-state index in [2.05, 4.69) is 31.4 Å². The fraction of sp³-hybridized carbons (Fsp3) is 0.105. The summed E-state index contributed by atoms with van der Waals surface area (Å²) in [6.07, 6.45) is 0. The van der Waals surface area contributed by atoms with Crippen LogP contribution < -0.4 is 5.32 Å². The van der Waals surface area contributed by atoms with Crippen LogP contribution in [0.2, 0.25) is 0 Å². The molecule has 0 spiro atoms. The van der Waals surface area contributed by atoms with Crippen molar-refractivity contribution in [3.63, 3.8) is 0 Å². The summed E-state index contributed by atoms with van der Waals surface area (Å²) >= 11 is 3.66. The molecule has 29 heavy (non-hydrogen) atoms. The molecule has 0 fully saturated rings. The van der Waals surface area contributed by atoms with Crippen molar-refractivity contribution in [2.24, 2.45) is 0 Å². The van der Waals surface area contributed by atoms with Gasteiger partial charge in [0, 0.05) is 14.9 Å². The highest BCUT2D eigenvalue weighted by Gasteiger charge is 2.16.